The molecule has 1 rings (SSSR count). The molecule has 2 N–H and O–H groups in total. The molecule has 0 heterocycles. The van der Waals surface area contributed by atoms with Crippen molar-refractivity contribution < 1.29 is 22.7 Å². The highest BCUT2D eigenvalue weighted by Gasteiger charge is 2.29. The molecule has 1 aromatic rings. The number of nitriles is 1. The summed E-state index contributed by atoms with van der Waals surface area (Å²) in [5.41, 5.74) is -0.605. The molecule has 0 saturated heterocycles. The van der Waals surface area contributed by atoms with E-state index in [0.29, 0.717) is 31.9 Å². The lowest BCUT2D eigenvalue weighted by Gasteiger charge is -2.08. The van der Waals surface area contributed by atoms with Gasteiger partial charge in [-0.1, -0.05) is 13.3 Å². The van der Waals surface area contributed by atoms with Crippen molar-refractivity contribution in [2.24, 2.45) is 0 Å². The average Bonchev–Trinajstić information content (AvgIpc) is 2.61. The van der Waals surface area contributed by atoms with Gasteiger partial charge in [0.2, 0.25) is 0 Å². The number of nitrogens with one attached hydrogen (secondary N) is 2. The molecule has 142 valence electrons. The molecule has 0 aliphatic carbocycles. The Kier molecular flexibility index (Phi) is 9.23. The second-order valence-electron chi connectivity index (χ2n) is 5.46. The molecule has 26 heavy (non-hydrogen) atoms. The van der Waals surface area contributed by atoms with E-state index >= 15 is 0 Å². The molecule has 0 aromatic heterocycles. The number of halogens is 3. The summed E-state index contributed by atoms with van der Waals surface area (Å²) in [5.74, 6) is -0.555. The zero-order valence-electron chi connectivity index (χ0n) is 14.5. The topological polar surface area (TPSA) is 74.1 Å². The van der Waals surface area contributed by atoms with Gasteiger partial charge in [-0.05, 0) is 37.1 Å². The smallest absolute Gasteiger partial charge is 0.381 e. The van der Waals surface area contributed by atoms with E-state index in [9.17, 15) is 18.0 Å². The summed E-state index contributed by atoms with van der Waals surface area (Å²) in [5, 5.41) is 14.3. The Morgan fingerprint density at radius 2 is 1.88 bits per heavy atom. The van der Waals surface area contributed by atoms with Gasteiger partial charge in [0, 0.05) is 31.6 Å². The van der Waals surface area contributed by atoms with Gasteiger partial charge in [-0.3, -0.25) is 4.79 Å². The summed E-state index contributed by atoms with van der Waals surface area (Å²) in [6.45, 7) is 3.64. The van der Waals surface area contributed by atoms with Crippen molar-refractivity contribution in [3.63, 3.8) is 0 Å². The Morgan fingerprint density at radius 1 is 1.23 bits per heavy atom. The predicted molar refractivity (Wildman–Crippen MR) is 92.1 cm³/mol. The van der Waals surface area contributed by atoms with Gasteiger partial charge in [0.15, 0.2) is 0 Å². The van der Waals surface area contributed by atoms with E-state index < -0.39 is 17.6 Å². The van der Waals surface area contributed by atoms with Gasteiger partial charge in [0.25, 0.3) is 5.91 Å². The Labute approximate surface area is 150 Å². The van der Waals surface area contributed by atoms with Crippen molar-refractivity contribution in [1.82, 2.24) is 5.32 Å². The minimum absolute atomic E-state index is 0.170. The second kappa shape index (κ2) is 11.2. The number of amides is 1. The lowest BCUT2D eigenvalue weighted by Crippen LogP contribution is -2.26. The third kappa shape index (κ3) is 8.03. The monoisotopic (exact) mass is 369 g/mol. The number of alkyl halides is 3. The molecule has 1 amide bonds. The Morgan fingerprint density at radius 3 is 2.46 bits per heavy atom. The summed E-state index contributed by atoms with van der Waals surface area (Å²) in [4.78, 5) is 11.9. The zero-order valence-corrected chi connectivity index (χ0v) is 14.5. The minimum atomic E-state index is -4.41. The number of anilines is 1. The quantitative estimate of drug-likeness (QED) is 0.373. The van der Waals surface area contributed by atoms with Crippen molar-refractivity contribution in [1.29, 1.82) is 5.26 Å². The van der Waals surface area contributed by atoms with Crippen LogP contribution in [0.3, 0.4) is 0 Å². The van der Waals surface area contributed by atoms with Crippen molar-refractivity contribution >= 4 is 11.6 Å². The molecular formula is C18H22F3N3O2. The first-order valence-corrected chi connectivity index (χ1v) is 8.28. The highest BCUT2D eigenvalue weighted by molar-refractivity contribution is 5.97. The van der Waals surface area contributed by atoms with Crippen LogP contribution >= 0.6 is 0 Å². The summed E-state index contributed by atoms with van der Waals surface area (Å²) < 4.78 is 42.8. The van der Waals surface area contributed by atoms with Crippen LogP contribution in [0.4, 0.5) is 18.9 Å². The van der Waals surface area contributed by atoms with Crippen LogP contribution < -0.4 is 10.6 Å². The molecular weight excluding hydrogens is 347 g/mol. The summed E-state index contributed by atoms with van der Waals surface area (Å²) in [6.07, 6.45) is -0.579. The number of carbonyl (C=O) groups excluding carboxylic acids is 1. The first-order valence-electron chi connectivity index (χ1n) is 8.28. The third-order valence-electron chi connectivity index (χ3n) is 3.35. The van der Waals surface area contributed by atoms with E-state index in [1.165, 1.54) is 12.1 Å². The van der Waals surface area contributed by atoms with E-state index in [1.54, 1.807) is 6.07 Å². The maximum Gasteiger partial charge on any atom is 0.416 e. The highest BCUT2D eigenvalue weighted by Crippen LogP contribution is 2.29. The maximum absolute atomic E-state index is 12.5. The Bertz CT molecular complexity index is 635. The minimum Gasteiger partial charge on any atom is -0.381 e. The molecule has 0 radical (unpaired) electrons. The fraction of sp³-hybridized carbons (Fsp3) is 0.444. The largest absolute Gasteiger partial charge is 0.416 e. The normalized spacial score (nSPS) is 11.7. The molecule has 0 unspecified atom stereocenters. The summed E-state index contributed by atoms with van der Waals surface area (Å²) in [7, 11) is 0. The number of carbonyl (C=O) groups is 1. The molecule has 0 aliphatic rings. The van der Waals surface area contributed by atoms with Gasteiger partial charge in [0.1, 0.15) is 11.6 Å². The maximum atomic E-state index is 12.5. The average molecular weight is 369 g/mol. The molecule has 0 fully saturated rings. The third-order valence-corrected chi connectivity index (χ3v) is 3.35. The number of hydrogen-bond donors (Lipinski definition) is 2. The predicted octanol–water partition coefficient (Wildman–Crippen LogP) is 3.85. The number of benzene rings is 1. The van der Waals surface area contributed by atoms with Crippen LogP contribution in [0.1, 0.15) is 31.7 Å². The van der Waals surface area contributed by atoms with E-state index in [2.05, 4.69) is 17.6 Å². The molecule has 0 atom stereocenters. The van der Waals surface area contributed by atoms with Crippen molar-refractivity contribution in [3.05, 3.63) is 41.6 Å². The van der Waals surface area contributed by atoms with Crippen molar-refractivity contribution in [3.8, 4) is 6.07 Å². The van der Waals surface area contributed by atoms with Crippen LogP contribution in [0.2, 0.25) is 0 Å². The van der Waals surface area contributed by atoms with E-state index in [1.807, 2.05) is 0 Å². The van der Waals surface area contributed by atoms with Gasteiger partial charge >= 0.3 is 6.18 Å². The lowest BCUT2D eigenvalue weighted by atomic mass is 10.2. The van der Waals surface area contributed by atoms with Gasteiger partial charge < -0.3 is 15.4 Å². The van der Waals surface area contributed by atoms with Crippen LogP contribution in [0.15, 0.2) is 36.0 Å². The molecule has 5 nitrogen and oxygen atoms in total. The zero-order chi connectivity index (χ0) is 19.4. The van der Waals surface area contributed by atoms with E-state index in [4.69, 9.17) is 10.00 Å². The Balaban J connectivity index is 2.44. The highest BCUT2D eigenvalue weighted by atomic mass is 19.4. The Hall–Kier alpha value is -2.53. The molecule has 1 aromatic carbocycles. The standard InChI is InChI=1S/C18H22F3N3O2/c1-2-3-10-26-11-4-9-23-17(25)14(12-22)13-24-16-7-5-15(6-8-16)18(19,20)21/h5-8,13,24H,2-4,9-11H2,1H3,(H,23,25)/b14-13-. The fourth-order valence-corrected chi connectivity index (χ4v) is 1.88. The number of hydrogen-bond acceptors (Lipinski definition) is 4. The molecule has 0 spiro atoms. The molecule has 0 aliphatic heterocycles. The van der Waals surface area contributed by atoms with Crippen LogP contribution in [0.25, 0.3) is 0 Å². The number of nitrogens with zero attached hydrogens (tertiary/aromatic N) is 1. The van der Waals surface area contributed by atoms with Gasteiger partial charge in [-0.2, -0.15) is 18.4 Å². The number of ether oxygens (including phenoxy) is 1. The molecule has 0 saturated carbocycles. The molecule has 0 bridgehead atoms. The van der Waals surface area contributed by atoms with E-state index in [-0.39, 0.29) is 5.57 Å². The lowest BCUT2D eigenvalue weighted by molar-refractivity contribution is -0.137. The number of unbranched alkanes of at least 4 members (excludes halogenated alkanes) is 1. The van der Waals surface area contributed by atoms with Gasteiger partial charge in [-0.25, -0.2) is 0 Å². The van der Waals surface area contributed by atoms with Crippen LogP contribution in [-0.2, 0) is 15.7 Å². The fourth-order valence-electron chi connectivity index (χ4n) is 1.88. The first-order chi connectivity index (χ1) is 12.4. The van der Waals surface area contributed by atoms with Crippen molar-refractivity contribution in [2.75, 3.05) is 25.1 Å². The van der Waals surface area contributed by atoms with Crippen molar-refractivity contribution in [2.45, 2.75) is 32.4 Å². The van der Waals surface area contributed by atoms with Crippen LogP contribution in [0, 0.1) is 11.3 Å². The van der Waals surface area contributed by atoms with E-state index in [0.717, 1.165) is 31.2 Å². The summed E-state index contributed by atoms with van der Waals surface area (Å²) >= 11 is 0. The first kappa shape index (κ1) is 21.5. The molecule has 8 heteroatoms. The van der Waals surface area contributed by atoms with Gasteiger partial charge in [-0.15, -0.1) is 0 Å². The number of rotatable bonds is 10. The van der Waals surface area contributed by atoms with Crippen LogP contribution in [0.5, 0.6) is 0 Å². The second-order valence-corrected chi connectivity index (χ2v) is 5.46. The van der Waals surface area contributed by atoms with Gasteiger partial charge in [0.05, 0.1) is 5.56 Å². The summed E-state index contributed by atoms with van der Waals surface area (Å²) in [6, 6.07) is 6.03. The SMILES string of the molecule is CCCCOCCCNC(=O)/C(C#N)=C\Nc1ccc(C(F)(F)F)cc1. The van der Waals surface area contributed by atoms with Crippen LogP contribution in [-0.4, -0.2) is 25.7 Å².